The third kappa shape index (κ3) is 2.92. The molecule has 0 spiro atoms. The van der Waals surface area contributed by atoms with Crippen LogP contribution in [-0.2, 0) is 6.42 Å². The lowest BCUT2D eigenvalue weighted by atomic mass is 9.99. The normalized spacial score (nSPS) is 20.4. The van der Waals surface area contributed by atoms with Crippen LogP contribution in [0.25, 0.3) is 0 Å². The van der Waals surface area contributed by atoms with Crippen molar-refractivity contribution in [2.24, 2.45) is 0 Å². The summed E-state index contributed by atoms with van der Waals surface area (Å²) in [6.45, 7) is 4.24. The van der Waals surface area contributed by atoms with Gasteiger partial charge in [-0.3, -0.25) is 0 Å². The summed E-state index contributed by atoms with van der Waals surface area (Å²) in [7, 11) is 0. The van der Waals surface area contributed by atoms with Crippen molar-refractivity contribution >= 4 is 23.0 Å². The Bertz CT molecular complexity index is 745. The van der Waals surface area contributed by atoms with Crippen molar-refractivity contribution in [3.05, 3.63) is 36.2 Å². The van der Waals surface area contributed by atoms with Crippen molar-refractivity contribution in [3.8, 4) is 0 Å². The van der Waals surface area contributed by atoms with Crippen LogP contribution in [0.15, 0.2) is 30.6 Å². The average Bonchev–Trinajstić information content (AvgIpc) is 2.68. The van der Waals surface area contributed by atoms with Crippen LogP contribution in [0.2, 0.25) is 0 Å². The fourth-order valence-electron chi connectivity index (χ4n) is 4.28. The number of para-hydroxylation sites is 1. The molecule has 1 atom stereocenters. The topological polar surface area (TPSA) is 58.3 Å². The highest BCUT2D eigenvalue weighted by Gasteiger charge is 2.27. The van der Waals surface area contributed by atoms with E-state index in [9.17, 15) is 0 Å². The Hall–Kier alpha value is -2.30. The van der Waals surface area contributed by atoms with Gasteiger partial charge >= 0.3 is 0 Å². The van der Waals surface area contributed by atoms with Crippen LogP contribution in [0.1, 0.15) is 44.6 Å². The van der Waals surface area contributed by atoms with Gasteiger partial charge in [-0.2, -0.15) is 0 Å². The number of benzene rings is 1. The van der Waals surface area contributed by atoms with Crippen LogP contribution in [-0.4, -0.2) is 29.1 Å². The lowest BCUT2D eigenvalue weighted by Crippen LogP contribution is -2.40. The first kappa shape index (κ1) is 16.2. The number of aromatic nitrogens is 2. The van der Waals surface area contributed by atoms with Crippen molar-refractivity contribution in [1.29, 1.82) is 0 Å². The number of aryl methyl sites for hydroxylation is 1. The number of nitrogens with zero attached hydrogens (tertiary/aromatic N) is 4. The van der Waals surface area contributed by atoms with E-state index in [1.54, 1.807) is 6.33 Å². The predicted octanol–water partition coefficient (Wildman–Crippen LogP) is 3.91. The number of nitrogens with two attached hydrogens (primary N) is 1. The van der Waals surface area contributed by atoms with Gasteiger partial charge in [0.05, 0.1) is 0 Å². The maximum atomic E-state index is 6.61. The second kappa shape index (κ2) is 6.90. The summed E-state index contributed by atoms with van der Waals surface area (Å²) in [6.07, 6.45) is 8.78. The zero-order valence-corrected chi connectivity index (χ0v) is 15.0. The van der Waals surface area contributed by atoms with Gasteiger partial charge in [0.2, 0.25) is 0 Å². The van der Waals surface area contributed by atoms with Crippen LogP contribution >= 0.6 is 0 Å². The fraction of sp³-hybridized carbons (Fsp3) is 0.500. The molecule has 0 bridgehead atoms. The first-order valence-electron chi connectivity index (χ1n) is 9.52. The number of nitrogen functional groups attached to an aromatic ring is 1. The van der Waals surface area contributed by atoms with Crippen LogP contribution in [0.3, 0.4) is 0 Å². The van der Waals surface area contributed by atoms with E-state index in [4.69, 9.17) is 5.73 Å². The van der Waals surface area contributed by atoms with Gasteiger partial charge < -0.3 is 15.5 Å². The van der Waals surface area contributed by atoms with Crippen LogP contribution in [0.5, 0.6) is 0 Å². The average molecular weight is 337 g/mol. The van der Waals surface area contributed by atoms with E-state index >= 15 is 0 Å². The Kier molecular flexibility index (Phi) is 4.47. The number of hydrogen-bond donors (Lipinski definition) is 1. The number of fused-ring (bicyclic) bond motifs is 1. The molecule has 2 aromatic rings. The van der Waals surface area contributed by atoms with Gasteiger partial charge in [-0.25, -0.2) is 9.97 Å². The molecule has 0 radical (unpaired) electrons. The number of anilines is 4. The zero-order chi connectivity index (χ0) is 17.2. The summed E-state index contributed by atoms with van der Waals surface area (Å²) in [5.74, 6) is 1.78. The first-order valence-corrected chi connectivity index (χ1v) is 9.52. The smallest absolute Gasteiger partial charge is 0.161 e. The maximum absolute atomic E-state index is 6.61. The first-order chi connectivity index (χ1) is 12.3. The van der Waals surface area contributed by atoms with Crippen molar-refractivity contribution in [2.75, 3.05) is 28.6 Å². The van der Waals surface area contributed by atoms with E-state index in [-0.39, 0.29) is 0 Å². The molecule has 5 heteroatoms. The van der Waals surface area contributed by atoms with Crippen molar-refractivity contribution in [2.45, 2.75) is 51.5 Å². The largest absolute Gasteiger partial charge is 0.393 e. The van der Waals surface area contributed by atoms with Crippen molar-refractivity contribution in [1.82, 2.24) is 9.97 Å². The lowest BCUT2D eigenvalue weighted by Gasteiger charge is -2.38. The Balaban J connectivity index is 1.73. The number of rotatable bonds is 3. The van der Waals surface area contributed by atoms with E-state index < -0.39 is 0 Å². The molecule has 1 aromatic heterocycles. The number of hydrogen-bond acceptors (Lipinski definition) is 5. The molecule has 5 nitrogen and oxygen atoms in total. The Labute approximate surface area is 149 Å². The predicted molar refractivity (Wildman–Crippen MR) is 103 cm³/mol. The highest BCUT2D eigenvalue weighted by molar-refractivity contribution is 5.81. The Morgan fingerprint density at radius 3 is 2.80 bits per heavy atom. The highest BCUT2D eigenvalue weighted by Crippen LogP contribution is 2.39. The van der Waals surface area contributed by atoms with Crippen LogP contribution in [0, 0.1) is 0 Å². The van der Waals surface area contributed by atoms with E-state index in [1.807, 2.05) is 0 Å². The van der Waals surface area contributed by atoms with Crippen molar-refractivity contribution < 1.29 is 0 Å². The minimum atomic E-state index is 0.535. The molecule has 25 heavy (non-hydrogen) atoms. The molecule has 1 saturated heterocycles. The molecule has 4 rings (SSSR count). The third-order valence-electron chi connectivity index (χ3n) is 5.58. The van der Waals surface area contributed by atoms with Crippen LogP contribution in [0.4, 0.5) is 23.0 Å². The quantitative estimate of drug-likeness (QED) is 0.920. The molecular weight excluding hydrogens is 310 g/mol. The van der Waals surface area contributed by atoms with E-state index in [2.05, 4.69) is 51.0 Å². The van der Waals surface area contributed by atoms with Gasteiger partial charge in [0.15, 0.2) is 11.6 Å². The lowest BCUT2D eigenvalue weighted by molar-refractivity contribution is 0.447. The SMILES string of the molecule is CCC1CCCCN1c1ncnc(N2CCCc3ccccc32)c1N. The molecule has 1 aromatic carbocycles. The fourth-order valence-corrected chi connectivity index (χ4v) is 4.28. The van der Waals surface area contributed by atoms with Gasteiger partial charge in [0, 0.05) is 24.8 Å². The minimum Gasteiger partial charge on any atom is -0.393 e. The van der Waals surface area contributed by atoms with Crippen LogP contribution < -0.4 is 15.5 Å². The summed E-state index contributed by atoms with van der Waals surface area (Å²) in [5.41, 5.74) is 9.94. The monoisotopic (exact) mass is 337 g/mol. The summed E-state index contributed by atoms with van der Waals surface area (Å²) in [4.78, 5) is 13.8. The number of piperidine rings is 1. The summed E-state index contributed by atoms with van der Waals surface area (Å²) in [6, 6.07) is 9.11. The van der Waals surface area contributed by atoms with Gasteiger partial charge in [-0.1, -0.05) is 25.1 Å². The molecule has 0 amide bonds. The second-order valence-corrected chi connectivity index (χ2v) is 7.07. The highest BCUT2D eigenvalue weighted by atomic mass is 15.3. The summed E-state index contributed by atoms with van der Waals surface area (Å²) in [5, 5.41) is 0. The van der Waals surface area contributed by atoms with E-state index in [1.165, 1.54) is 30.5 Å². The van der Waals surface area contributed by atoms with Gasteiger partial charge in [-0.05, 0) is 50.2 Å². The molecule has 1 fully saturated rings. The van der Waals surface area contributed by atoms with Gasteiger partial charge in [0.25, 0.3) is 0 Å². The second-order valence-electron chi connectivity index (χ2n) is 7.07. The molecular formula is C20H27N5. The van der Waals surface area contributed by atoms with Gasteiger partial charge in [0.1, 0.15) is 12.0 Å². The molecule has 0 saturated carbocycles. The van der Waals surface area contributed by atoms with Crippen molar-refractivity contribution in [3.63, 3.8) is 0 Å². The molecule has 2 N–H and O–H groups in total. The van der Waals surface area contributed by atoms with E-state index in [0.717, 1.165) is 49.7 Å². The Morgan fingerprint density at radius 2 is 1.92 bits per heavy atom. The summed E-state index contributed by atoms with van der Waals surface area (Å²) < 4.78 is 0. The van der Waals surface area contributed by atoms with Gasteiger partial charge in [-0.15, -0.1) is 0 Å². The molecule has 0 aliphatic carbocycles. The van der Waals surface area contributed by atoms with E-state index in [0.29, 0.717) is 6.04 Å². The third-order valence-corrected chi connectivity index (χ3v) is 5.58. The Morgan fingerprint density at radius 1 is 1.08 bits per heavy atom. The minimum absolute atomic E-state index is 0.535. The molecule has 132 valence electrons. The summed E-state index contributed by atoms with van der Waals surface area (Å²) >= 11 is 0. The molecule has 3 heterocycles. The standard InChI is InChI=1S/C20H27N5/c1-2-16-10-5-6-12-24(16)19-18(21)20(23-14-22-19)25-13-7-9-15-8-3-4-11-17(15)25/h3-4,8,11,14,16H,2,5-7,9-10,12-13,21H2,1H3. The molecule has 2 aliphatic heterocycles. The maximum Gasteiger partial charge on any atom is 0.161 e. The molecule has 1 unspecified atom stereocenters. The zero-order valence-electron chi connectivity index (χ0n) is 15.0. The molecule has 2 aliphatic rings.